The van der Waals surface area contributed by atoms with Crippen molar-refractivity contribution >= 4 is 22.9 Å². The summed E-state index contributed by atoms with van der Waals surface area (Å²) in [7, 11) is 0. The van der Waals surface area contributed by atoms with Crippen LogP contribution in [0.5, 0.6) is 0 Å². The third kappa shape index (κ3) is 8.57. The lowest BCUT2D eigenvalue weighted by molar-refractivity contribution is -0.192. The highest BCUT2D eigenvalue weighted by molar-refractivity contribution is 5.81. The first-order valence-corrected chi connectivity index (χ1v) is 13.4. The highest BCUT2D eigenvalue weighted by atomic mass is 19.4. The second-order valence-electron chi connectivity index (χ2n) is 9.91. The molecule has 43 heavy (non-hydrogen) atoms. The number of likely N-dealkylation sites (tertiary alicyclic amines) is 1. The van der Waals surface area contributed by atoms with E-state index in [1.54, 1.807) is 0 Å². The molecule has 0 atom stereocenters. The van der Waals surface area contributed by atoms with Gasteiger partial charge in [-0.2, -0.15) is 26.3 Å². The van der Waals surface area contributed by atoms with E-state index >= 15 is 0 Å². The molecule has 0 spiro atoms. The number of hydrogen-bond donors (Lipinski definition) is 3. The van der Waals surface area contributed by atoms with Crippen LogP contribution in [0.15, 0.2) is 66.7 Å². The van der Waals surface area contributed by atoms with Gasteiger partial charge in [0.2, 0.25) is 5.91 Å². The van der Waals surface area contributed by atoms with Crippen LogP contribution in [0.4, 0.5) is 26.3 Å². The molecule has 0 saturated carbocycles. The predicted molar refractivity (Wildman–Crippen MR) is 148 cm³/mol. The second kappa shape index (κ2) is 13.3. The molecule has 13 heteroatoms. The number of carbonyl (C=O) groups excluding carboxylic acids is 1. The Hall–Kier alpha value is -4.39. The number of aromatic amines is 1. The van der Waals surface area contributed by atoms with Crippen LogP contribution in [0.25, 0.3) is 33.5 Å². The number of benzene rings is 3. The smallest absolute Gasteiger partial charge is 0.475 e. The zero-order valence-electron chi connectivity index (χ0n) is 22.7. The maximum Gasteiger partial charge on any atom is 0.490 e. The molecule has 1 aliphatic rings. The number of nitrogens with one attached hydrogen (secondary N) is 2. The molecule has 1 amide bonds. The number of H-pyrrole nitrogens is 1. The van der Waals surface area contributed by atoms with Crippen LogP contribution >= 0.6 is 0 Å². The fraction of sp³-hybridized carbons (Fsp3) is 0.300. The molecule has 1 fully saturated rings. The number of aliphatic carboxylic acids is 1. The number of amides is 1. The Balaban J connectivity index is 0.000000541. The lowest BCUT2D eigenvalue weighted by Gasteiger charge is -2.15. The Morgan fingerprint density at radius 3 is 2.09 bits per heavy atom. The van der Waals surface area contributed by atoms with Crippen molar-refractivity contribution < 1.29 is 41.0 Å². The first kappa shape index (κ1) is 31.5. The summed E-state index contributed by atoms with van der Waals surface area (Å²) >= 11 is 0. The van der Waals surface area contributed by atoms with Gasteiger partial charge in [0.1, 0.15) is 5.82 Å². The van der Waals surface area contributed by atoms with Crippen molar-refractivity contribution in [3.8, 4) is 22.5 Å². The number of rotatable bonds is 8. The van der Waals surface area contributed by atoms with Crippen LogP contribution in [0.2, 0.25) is 0 Å². The molecule has 1 aliphatic heterocycles. The fourth-order valence-electron chi connectivity index (χ4n) is 4.53. The number of carboxylic acid groups (broad SMARTS) is 1. The Morgan fingerprint density at radius 1 is 0.930 bits per heavy atom. The molecule has 0 aliphatic carbocycles. The number of carboxylic acids is 1. The normalized spacial score (nSPS) is 13.7. The number of halogens is 6. The van der Waals surface area contributed by atoms with Crippen molar-refractivity contribution in [2.24, 2.45) is 0 Å². The van der Waals surface area contributed by atoms with Crippen LogP contribution in [-0.2, 0) is 22.3 Å². The lowest BCUT2D eigenvalue weighted by atomic mass is 10.0. The average Bonchev–Trinajstić information content (AvgIpc) is 3.58. The van der Waals surface area contributed by atoms with Crippen molar-refractivity contribution in [2.45, 2.75) is 38.2 Å². The summed E-state index contributed by atoms with van der Waals surface area (Å²) in [6, 6.07) is 19.7. The molecule has 228 valence electrons. The van der Waals surface area contributed by atoms with E-state index in [0.29, 0.717) is 23.3 Å². The van der Waals surface area contributed by atoms with Gasteiger partial charge < -0.3 is 20.3 Å². The topological polar surface area (TPSA) is 98.3 Å². The quantitative estimate of drug-likeness (QED) is 0.154. The third-order valence-electron chi connectivity index (χ3n) is 6.78. The van der Waals surface area contributed by atoms with E-state index in [1.807, 2.05) is 29.2 Å². The first-order valence-electron chi connectivity index (χ1n) is 13.4. The molecule has 5 rings (SSSR count). The van der Waals surface area contributed by atoms with E-state index in [2.05, 4.69) is 39.6 Å². The van der Waals surface area contributed by atoms with E-state index in [-0.39, 0.29) is 5.91 Å². The number of aromatic nitrogens is 2. The molecule has 1 aromatic heterocycles. The third-order valence-corrected chi connectivity index (χ3v) is 6.78. The van der Waals surface area contributed by atoms with Gasteiger partial charge in [-0.1, -0.05) is 48.5 Å². The van der Waals surface area contributed by atoms with Crippen LogP contribution in [0, 0.1) is 0 Å². The first-order chi connectivity index (χ1) is 20.3. The molecule has 7 nitrogen and oxygen atoms in total. The Kier molecular flexibility index (Phi) is 9.74. The molecule has 0 unspecified atom stereocenters. The largest absolute Gasteiger partial charge is 0.490 e. The van der Waals surface area contributed by atoms with Gasteiger partial charge in [-0.25, -0.2) is 9.78 Å². The molecule has 0 radical (unpaired) electrons. The highest BCUT2D eigenvalue weighted by Gasteiger charge is 2.38. The molecule has 4 aromatic rings. The minimum absolute atomic E-state index is 0.274. The zero-order chi connectivity index (χ0) is 31.2. The van der Waals surface area contributed by atoms with Crippen molar-refractivity contribution in [2.75, 3.05) is 19.6 Å². The molecule has 0 bridgehead atoms. The zero-order valence-corrected chi connectivity index (χ0v) is 22.7. The van der Waals surface area contributed by atoms with Gasteiger partial charge >= 0.3 is 18.3 Å². The van der Waals surface area contributed by atoms with Gasteiger partial charge in [0, 0.05) is 31.6 Å². The monoisotopic (exact) mass is 606 g/mol. The lowest BCUT2D eigenvalue weighted by Crippen LogP contribution is -2.28. The van der Waals surface area contributed by atoms with Gasteiger partial charge in [-0.3, -0.25) is 4.79 Å². The van der Waals surface area contributed by atoms with Crippen LogP contribution in [0.1, 0.15) is 30.4 Å². The second-order valence-corrected chi connectivity index (χ2v) is 9.91. The summed E-state index contributed by atoms with van der Waals surface area (Å²) in [5.74, 6) is -1.95. The van der Waals surface area contributed by atoms with Crippen LogP contribution in [0.3, 0.4) is 0 Å². The molecular weight excluding hydrogens is 578 g/mol. The average molecular weight is 607 g/mol. The summed E-state index contributed by atoms with van der Waals surface area (Å²) in [6.45, 7) is 3.35. The molecule has 2 heterocycles. The number of fused-ring (bicyclic) bond motifs is 1. The maximum atomic E-state index is 13.0. The van der Waals surface area contributed by atoms with Crippen molar-refractivity contribution in [3.63, 3.8) is 0 Å². The van der Waals surface area contributed by atoms with E-state index in [9.17, 15) is 31.1 Å². The molecule has 1 saturated heterocycles. The predicted octanol–water partition coefficient (Wildman–Crippen LogP) is 6.65. The van der Waals surface area contributed by atoms with Gasteiger partial charge in [-0.15, -0.1) is 0 Å². The number of imidazole rings is 1. The number of hydrogen-bond acceptors (Lipinski definition) is 4. The van der Waals surface area contributed by atoms with Crippen molar-refractivity contribution in [3.05, 3.63) is 77.9 Å². The van der Waals surface area contributed by atoms with Gasteiger partial charge in [0.15, 0.2) is 0 Å². The number of carbonyl (C=O) groups is 2. The maximum absolute atomic E-state index is 13.0. The van der Waals surface area contributed by atoms with Gasteiger partial charge in [0.05, 0.1) is 16.6 Å². The summed E-state index contributed by atoms with van der Waals surface area (Å²) < 4.78 is 70.7. The standard InChI is InChI=1S/C28H27F3N4O.C2HF3O2/c29-28(30,31)23-12-13-24-25(17-23)34-27(33-24)22-10-8-21(9-11-22)20-6-4-19(5-7-20)18-32-14-2-16-35-15-1-3-26(35)36;3-2(4,5)1(6)7/h4-13,17,32H,1-3,14-16,18H2,(H,33,34);(H,6,7). The summed E-state index contributed by atoms with van der Waals surface area (Å²) in [5, 5.41) is 10.6. The Morgan fingerprint density at radius 2 is 1.53 bits per heavy atom. The SMILES string of the molecule is O=C(O)C(F)(F)F.O=C1CCCN1CCCNCc1ccc(-c2ccc(-c3nc4ccc(C(F)(F)F)cc4[nH]3)cc2)cc1. The van der Waals surface area contributed by atoms with Crippen LogP contribution in [-0.4, -0.2) is 57.7 Å². The Bertz CT molecular complexity index is 1550. The van der Waals surface area contributed by atoms with E-state index < -0.39 is 23.9 Å². The fourth-order valence-corrected chi connectivity index (χ4v) is 4.53. The highest BCUT2D eigenvalue weighted by Crippen LogP contribution is 2.32. The number of nitrogens with zero attached hydrogens (tertiary/aromatic N) is 2. The van der Waals surface area contributed by atoms with Crippen LogP contribution < -0.4 is 5.32 Å². The summed E-state index contributed by atoms with van der Waals surface area (Å²) in [6.07, 6.45) is -6.85. The molecule has 3 N–H and O–H groups in total. The Labute approximate surface area is 242 Å². The van der Waals surface area contributed by atoms with Gasteiger partial charge in [-0.05, 0) is 54.3 Å². The van der Waals surface area contributed by atoms with E-state index in [1.165, 1.54) is 11.6 Å². The number of alkyl halides is 6. The van der Waals surface area contributed by atoms with E-state index in [0.717, 1.165) is 67.8 Å². The molecule has 3 aromatic carbocycles. The van der Waals surface area contributed by atoms with Crippen molar-refractivity contribution in [1.29, 1.82) is 0 Å². The van der Waals surface area contributed by atoms with Gasteiger partial charge in [0.25, 0.3) is 0 Å². The minimum Gasteiger partial charge on any atom is -0.475 e. The summed E-state index contributed by atoms with van der Waals surface area (Å²) in [5.41, 5.74) is 4.28. The summed E-state index contributed by atoms with van der Waals surface area (Å²) in [4.78, 5) is 29.9. The minimum atomic E-state index is -5.08. The molecular formula is C30H28F6N4O3. The van der Waals surface area contributed by atoms with Crippen molar-refractivity contribution in [1.82, 2.24) is 20.2 Å². The van der Waals surface area contributed by atoms with E-state index in [4.69, 9.17) is 9.90 Å².